The van der Waals surface area contributed by atoms with Crippen molar-refractivity contribution in [2.75, 3.05) is 0 Å². The lowest BCUT2D eigenvalue weighted by Gasteiger charge is -2.04. The quantitative estimate of drug-likeness (QED) is 0.780. The highest BCUT2D eigenvalue weighted by Gasteiger charge is 2.04. The molecule has 0 amide bonds. The van der Waals surface area contributed by atoms with Crippen LogP contribution in [0.5, 0.6) is 0 Å². The van der Waals surface area contributed by atoms with E-state index in [0.29, 0.717) is 0 Å². The zero-order valence-corrected chi connectivity index (χ0v) is 10.8. The molecule has 0 N–H and O–H groups in total. The molecule has 0 bridgehead atoms. The van der Waals surface area contributed by atoms with Gasteiger partial charge >= 0.3 is 0 Å². The van der Waals surface area contributed by atoms with E-state index in [0.717, 1.165) is 26.1 Å². The molecule has 3 heteroatoms. The highest BCUT2D eigenvalue weighted by molar-refractivity contribution is 9.10. The molecule has 0 aromatic heterocycles. The molecule has 2 aromatic carbocycles. The fourth-order valence-corrected chi connectivity index (χ4v) is 2.79. The van der Waals surface area contributed by atoms with E-state index in [2.05, 4.69) is 15.9 Å². The third-order valence-corrected chi connectivity index (χ3v) is 3.65. The molecule has 0 heterocycles. The summed E-state index contributed by atoms with van der Waals surface area (Å²) in [5.74, 6) is 0. The summed E-state index contributed by atoms with van der Waals surface area (Å²) in [4.78, 5) is 13.0. The molecular weight excluding hydrogens is 284 g/mol. The summed E-state index contributed by atoms with van der Waals surface area (Å²) >= 11 is 5.00. The van der Waals surface area contributed by atoms with Gasteiger partial charge < -0.3 is 0 Å². The molecule has 0 aliphatic heterocycles. The van der Waals surface area contributed by atoms with Gasteiger partial charge in [0.2, 0.25) is 0 Å². The average molecular weight is 293 g/mol. The SMILES string of the molecule is O=Cc1ccc(Br)cc1Sc1ccccc1. The van der Waals surface area contributed by atoms with Gasteiger partial charge in [-0.3, -0.25) is 4.79 Å². The fraction of sp³-hybridized carbons (Fsp3) is 0. The summed E-state index contributed by atoms with van der Waals surface area (Å²) in [6, 6.07) is 15.7. The summed E-state index contributed by atoms with van der Waals surface area (Å²) in [6.07, 6.45) is 0.887. The van der Waals surface area contributed by atoms with E-state index in [1.54, 1.807) is 11.8 Å². The maximum atomic E-state index is 10.9. The van der Waals surface area contributed by atoms with Gasteiger partial charge in [-0.1, -0.05) is 45.9 Å². The number of carbonyl (C=O) groups is 1. The first kappa shape index (κ1) is 11.4. The number of aldehydes is 1. The Bertz CT molecular complexity index is 497. The molecule has 2 rings (SSSR count). The van der Waals surface area contributed by atoms with Crippen LogP contribution in [-0.2, 0) is 0 Å². The van der Waals surface area contributed by atoms with Crippen LogP contribution in [0.4, 0.5) is 0 Å². The molecule has 16 heavy (non-hydrogen) atoms. The first-order chi connectivity index (χ1) is 7.79. The van der Waals surface area contributed by atoms with Gasteiger partial charge in [0.15, 0.2) is 6.29 Å². The molecule has 0 saturated carbocycles. The van der Waals surface area contributed by atoms with Crippen LogP contribution in [0.1, 0.15) is 10.4 Å². The highest BCUT2D eigenvalue weighted by atomic mass is 79.9. The van der Waals surface area contributed by atoms with E-state index in [-0.39, 0.29) is 0 Å². The van der Waals surface area contributed by atoms with Crippen molar-refractivity contribution in [2.24, 2.45) is 0 Å². The summed E-state index contributed by atoms with van der Waals surface area (Å²) in [5, 5.41) is 0. The molecule has 1 nitrogen and oxygen atoms in total. The maximum absolute atomic E-state index is 10.9. The standard InChI is InChI=1S/C13H9BrOS/c14-11-7-6-10(9-15)13(8-11)16-12-4-2-1-3-5-12/h1-9H. The smallest absolute Gasteiger partial charge is 0.151 e. The Morgan fingerprint density at radius 3 is 2.50 bits per heavy atom. The second-order valence-corrected chi connectivity index (χ2v) is 5.25. The number of carbonyl (C=O) groups excluding carboxylic acids is 1. The minimum absolute atomic E-state index is 0.719. The van der Waals surface area contributed by atoms with Crippen molar-refractivity contribution in [3.05, 3.63) is 58.6 Å². The molecule has 0 atom stereocenters. The monoisotopic (exact) mass is 292 g/mol. The molecule has 80 valence electrons. The van der Waals surface area contributed by atoms with Crippen LogP contribution in [-0.4, -0.2) is 6.29 Å². The van der Waals surface area contributed by atoms with Gasteiger partial charge in [-0.2, -0.15) is 0 Å². The third-order valence-electron chi connectivity index (χ3n) is 2.07. The van der Waals surface area contributed by atoms with Crippen molar-refractivity contribution < 1.29 is 4.79 Å². The van der Waals surface area contributed by atoms with E-state index >= 15 is 0 Å². The Hall–Kier alpha value is -1.06. The summed E-state index contributed by atoms with van der Waals surface area (Å²) in [6.45, 7) is 0. The lowest BCUT2D eigenvalue weighted by Crippen LogP contribution is -1.84. The van der Waals surface area contributed by atoms with Crippen LogP contribution in [0, 0.1) is 0 Å². The van der Waals surface area contributed by atoms with E-state index in [4.69, 9.17) is 0 Å². The predicted octanol–water partition coefficient (Wildman–Crippen LogP) is 4.41. The van der Waals surface area contributed by atoms with Gasteiger partial charge in [0.1, 0.15) is 0 Å². The van der Waals surface area contributed by atoms with Crippen molar-refractivity contribution in [1.82, 2.24) is 0 Å². The molecule has 0 fully saturated rings. The predicted molar refractivity (Wildman–Crippen MR) is 70.1 cm³/mol. The number of rotatable bonds is 3. The van der Waals surface area contributed by atoms with Crippen LogP contribution in [0.25, 0.3) is 0 Å². The summed E-state index contributed by atoms with van der Waals surface area (Å²) < 4.78 is 0.983. The van der Waals surface area contributed by atoms with Crippen molar-refractivity contribution in [3.63, 3.8) is 0 Å². The Balaban J connectivity index is 2.33. The van der Waals surface area contributed by atoms with E-state index in [1.165, 1.54) is 0 Å². The maximum Gasteiger partial charge on any atom is 0.151 e. The number of hydrogen-bond acceptors (Lipinski definition) is 2. The zero-order chi connectivity index (χ0) is 11.4. The van der Waals surface area contributed by atoms with Gasteiger partial charge in [0, 0.05) is 19.8 Å². The second-order valence-electron chi connectivity index (χ2n) is 3.22. The molecule has 2 aromatic rings. The van der Waals surface area contributed by atoms with Crippen molar-refractivity contribution in [3.8, 4) is 0 Å². The Labute approximate surface area is 107 Å². The van der Waals surface area contributed by atoms with Crippen molar-refractivity contribution >= 4 is 34.0 Å². The molecule has 0 spiro atoms. The van der Waals surface area contributed by atoms with Crippen LogP contribution in [0.15, 0.2) is 62.8 Å². The average Bonchev–Trinajstić information content (AvgIpc) is 2.31. The lowest BCUT2D eigenvalue weighted by atomic mass is 10.2. The van der Waals surface area contributed by atoms with Crippen molar-refractivity contribution in [1.29, 1.82) is 0 Å². The molecule has 0 aliphatic rings. The van der Waals surface area contributed by atoms with E-state index in [9.17, 15) is 4.79 Å². The van der Waals surface area contributed by atoms with Crippen LogP contribution in [0.2, 0.25) is 0 Å². The highest BCUT2D eigenvalue weighted by Crippen LogP contribution is 2.31. The number of benzene rings is 2. The molecule has 0 unspecified atom stereocenters. The topological polar surface area (TPSA) is 17.1 Å². The lowest BCUT2D eigenvalue weighted by molar-refractivity contribution is 0.112. The molecule has 0 saturated heterocycles. The summed E-state index contributed by atoms with van der Waals surface area (Å²) in [5.41, 5.74) is 0.719. The Morgan fingerprint density at radius 2 is 1.81 bits per heavy atom. The third kappa shape index (κ3) is 2.74. The van der Waals surface area contributed by atoms with Gasteiger partial charge in [-0.25, -0.2) is 0 Å². The zero-order valence-electron chi connectivity index (χ0n) is 8.39. The molecule has 0 radical (unpaired) electrons. The largest absolute Gasteiger partial charge is 0.298 e. The normalized spacial score (nSPS) is 10.1. The van der Waals surface area contributed by atoms with Gasteiger partial charge in [-0.15, -0.1) is 0 Å². The minimum Gasteiger partial charge on any atom is -0.298 e. The Morgan fingerprint density at radius 1 is 1.06 bits per heavy atom. The summed E-state index contributed by atoms with van der Waals surface area (Å²) in [7, 11) is 0. The van der Waals surface area contributed by atoms with Gasteiger partial charge in [-0.05, 0) is 30.3 Å². The van der Waals surface area contributed by atoms with Crippen molar-refractivity contribution in [2.45, 2.75) is 9.79 Å². The van der Waals surface area contributed by atoms with Gasteiger partial charge in [0.25, 0.3) is 0 Å². The first-order valence-electron chi connectivity index (χ1n) is 4.77. The number of halogens is 1. The second kappa shape index (κ2) is 5.32. The van der Waals surface area contributed by atoms with Gasteiger partial charge in [0.05, 0.1) is 0 Å². The first-order valence-corrected chi connectivity index (χ1v) is 6.38. The van der Waals surface area contributed by atoms with E-state index < -0.39 is 0 Å². The Kier molecular flexibility index (Phi) is 3.80. The van der Waals surface area contributed by atoms with Crippen LogP contribution < -0.4 is 0 Å². The number of hydrogen-bond donors (Lipinski definition) is 0. The van der Waals surface area contributed by atoms with Crippen LogP contribution in [0.3, 0.4) is 0 Å². The molecule has 0 aliphatic carbocycles. The minimum atomic E-state index is 0.719. The molecular formula is C13H9BrOS. The fourth-order valence-electron chi connectivity index (χ4n) is 1.31. The van der Waals surface area contributed by atoms with Crippen LogP contribution >= 0.6 is 27.7 Å². The van der Waals surface area contributed by atoms with E-state index in [1.807, 2.05) is 48.5 Å².